The molecule has 1 saturated heterocycles. The van der Waals surface area contributed by atoms with E-state index in [1.54, 1.807) is 16.7 Å². The number of carbonyl (C=O) groups is 2. The fourth-order valence-electron chi connectivity index (χ4n) is 4.72. The number of phenols is 1. The largest absolute Gasteiger partial charge is 0.506 e. The van der Waals surface area contributed by atoms with E-state index < -0.39 is 0 Å². The number of phenolic OH excluding ortho intramolecular Hbond substituents is 1. The van der Waals surface area contributed by atoms with Crippen molar-refractivity contribution in [2.75, 3.05) is 13.1 Å². The Hall–Kier alpha value is -2.65. The van der Waals surface area contributed by atoms with Crippen molar-refractivity contribution < 1.29 is 14.7 Å². The van der Waals surface area contributed by atoms with Crippen LogP contribution >= 0.6 is 31.9 Å². The number of hydrogen-bond acceptors (Lipinski definition) is 4. The molecule has 2 heterocycles. The number of rotatable bonds is 5. The van der Waals surface area contributed by atoms with Crippen LogP contribution in [0.1, 0.15) is 35.7 Å². The van der Waals surface area contributed by atoms with E-state index in [9.17, 15) is 19.5 Å². The second kappa shape index (κ2) is 9.19. The molecule has 2 aromatic carbocycles. The lowest BCUT2D eigenvalue weighted by atomic mass is 10.0. The maximum absolute atomic E-state index is 13.0. The van der Waals surface area contributed by atoms with Crippen LogP contribution in [0.15, 0.2) is 62.4 Å². The zero-order valence-corrected chi connectivity index (χ0v) is 21.4. The molecule has 2 fully saturated rings. The molecule has 2 atom stereocenters. The van der Waals surface area contributed by atoms with Crippen LogP contribution in [0.25, 0.3) is 11.3 Å². The predicted octanol–water partition coefficient (Wildman–Crippen LogP) is 4.76. The number of hydrogen-bond donors (Lipinski definition) is 2. The number of halogens is 2. The van der Waals surface area contributed by atoms with Crippen molar-refractivity contribution in [3.05, 3.63) is 73.7 Å². The van der Waals surface area contributed by atoms with Crippen molar-refractivity contribution in [1.29, 1.82) is 0 Å². The summed E-state index contributed by atoms with van der Waals surface area (Å²) in [6, 6.07) is 12.9. The van der Waals surface area contributed by atoms with Crippen molar-refractivity contribution in [3.63, 3.8) is 0 Å². The maximum atomic E-state index is 13.0. The van der Waals surface area contributed by atoms with E-state index in [4.69, 9.17) is 0 Å². The van der Waals surface area contributed by atoms with Gasteiger partial charge in [-0.25, -0.2) is 4.79 Å². The second-order valence-electron chi connectivity index (χ2n) is 8.90. The highest BCUT2D eigenvalue weighted by molar-refractivity contribution is 9.11. The number of likely N-dealkylation sites (tertiary alicyclic amines) is 1. The van der Waals surface area contributed by atoms with Gasteiger partial charge < -0.3 is 15.0 Å². The Labute approximate surface area is 213 Å². The Balaban J connectivity index is 1.20. The highest BCUT2D eigenvalue weighted by Gasteiger charge is 2.50. The monoisotopic (exact) mass is 587 g/mol. The number of piperidine rings is 1. The van der Waals surface area contributed by atoms with E-state index in [-0.39, 0.29) is 41.0 Å². The number of Topliss-reactive ketones (excluding diaryl/α,β-unsaturated/α-hetero) is 1. The fourth-order valence-corrected chi connectivity index (χ4v) is 5.91. The maximum Gasteiger partial charge on any atom is 0.326 e. The van der Waals surface area contributed by atoms with Gasteiger partial charge in [-0.05, 0) is 68.8 Å². The molecule has 1 amide bonds. The molecule has 9 heteroatoms. The Morgan fingerprint density at radius 1 is 1.00 bits per heavy atom. The summed E-state index contributed by atoms with van der Waals surface area (Å²) in [5.41, 5.74) is 2.08. The Bertz CT molecular complexity index is 1290. The number of nitrogens with zero attached hydrogens (tertiary/aromatic N) is 2. The van der Waals surface area contributed by atoms with E-state index in [1.165, 1.54) is 0 Å². The molecule has 0 radical (unpaired) electrons. The van der Waals surface area contributed by atoms with Crippen molar-refractivity contribution in [3.8, 4) is 17.0 Å². The molecule has 1 aliphatic heterocycles. The lowest BCUT2D eigenvalue weighted by molar-refractivity contribution is -0.134. The summed E-state index contributed by atoms with van der Waals surface area (Å²) < 4.78 is 2.62. The number of nitrogens with one attached hydrogen (secondary N) is 1. The van der Waals surface area contributed by atoms with E-state index >= 15 is 0 Å². The van der Waals surface area contributed by atoms with Crippen LogP contribution in [0.5, 0.6) is 5.75 Å². The third kappa shape index (κ3) is 4.38. The van der Waals surface area contributed by atoms with Gasteiger partial charge in [0.05, 0.1) is 14.6 Å². The highest BCUT2D eigenvalue weighted by Crippen LogP contribution is 2.44. The molecule has 2 aliphatic rings. The van der Waals surface area contributed by atoms with Crippen LogP contribution in [-0.2, 0) is 4.79 Å². The van der Waals surface area contributed by atoms with E-state index in [2.05, 4.69) is 36.8 Å². The zero-order valence-electron chi connectivity index (χ0n) is 18.2. The smallest absolute Gasteiger partial charge is 0.326 e. The van der Waals surface area contributed by atoms with E-state index in [1.807, 2.05) is 41.4 Å². The number of aromatic hydroxyl groups is 1. The minimum absolute atomic E-state index is 0.0140. The number of imidazole rings is 1. The third-order valence-corrected chi connectivity index (χ3v) is 7.95. The average Bonchev–Trinajstić information content (AvgIpc) is 3.56. The molecule has 176 valence electrons. The lowest BCUT2D eigenvalue weighted by Gasteiger charge is -2.32. The molecule has 0 unspecified atom stereocenters. The molecule has 5 rings (SSSR count). The number of aromatic amines is 1. The average molecular weight is 589 g/mol. The number of aromatic nitrogens is 2. The molecule has 1 aromatic heterocycles. The van der Waals surface area contributed by atoms with Gasteiger partial charge in [0.25, 0.3) is 0 Å². The van der Waals surface area contributed by atoms with Gasteiger partial charge in [-0.15, -0.1) is 0 Å². The molecule has 0 bridgehead atoms. The number of benzene rings is 2. The number of carbonyl (C=O) groups excluding carboxylic acids is 2. The van der Waals surface area contributed by atoms with Crippen molar-refractivity contribution in [2.45, 2.75) is 25.3 Å². The zero-order chi connectivity index (χ0) is 24.0. The minimum Gasteiger partial charge on any atom is -0.506 e. The molecule has 3 aromatic rings. The number of ketones is 1. The summed E-state index contributed by atoms with van der Waals surface area (Å²) >= 11 is 6.50. The van der Waals surface area contributed by atoms with Crippen LogP contribution in [0, 0.1) is 11.8 Å². The number of amides is 1. The van der Waals surface area contributed by atoms with Gasteiger partial charge in [0, 0.05) is 42.7 Å². The third-order valence-electron chi connectivity index (χ3n) is 6.74. The van der Waals surface area contributed by atoms with Crippen LogP contribution in [0.3, 0.4) is 0 Å². The number of H-pyrrole nitrogens is 1. The normalized spacial score (nSPS) is 20.4. The molecule has 7 nitrogen and oxygen atoms in total. The standard InChI is InChI=1S/C25H23Br2N3O4/c26-19-10-15(11-20(27)23(19)32)22(31)17-12-18(17)24(33)29-8-6-16(7-9-29)30-13-21(28-25(30)34)14-4-2-1-3-5-14/h1-5,10-11,13,16-18,32H,6-9,12H2,(H,28,34)/t17-,18-/m1/s1. The first-order valence-corrected chi connectivity index (χ1v) is 12.8. The van der Waals surface area contributed by atoms with Gasteiger partial charge >= 0.3 is 5.69 Å². The molecule has 0 spiro atoms. The molecular formula is C25H23Br2N3O4. The molecular weight excluding hydrogens is 566 g/mol. The molecule has 34 heavy (non-hydrogen) atoms. The lowest BCUT2D eigenvalue weighted by Crippen LogP contribution is -2.41. The first-order chi connectivity index (χ1) is 16.3. The van der Waals surface area contributed by atoms with Crippen LogP contribution in [0.2, 0.25) is 0 Å². The second-order valence-corrected chi connectivity index (χ2v) is 10.6. The van der Waals surface area contributed by atoms with Crippen molar-refractivity contribution >= 4 is 43.6 Å². The Kier molecular flexibility index (Phi) is 6.24. The SMILES string of the molecule is O=C(c1cc(Br)c(O)c(Br)c1)[C@@H]1C[C@H]1C(=O)N1CCC(n2cc(-c3ccccc3)[nH]c2=O)CC1. The van der Waals surface area contributed by atoms with Gasteiger partial charge in [0.2, 0.25) is 5.91 Å². The molecule has 2 N–H and O–H groups in total. The van der Waals surface area contributed by atoms with Crippen molar-refractivity contribution in [2.24, 2.45) is 11.8 Å². The van der Waals surface area contributed by atoms with Crippen molar-refractivity contribution in [1.82, 2.24) is 14.5 Å². The highest BCUT2D eigenvalue weighted by atomic mass is 79.9. The summed E-state index contributed by atoms with van der Waals surface area (Å²) in [6.07, 6.45) is 3.80. The minimum atomic E-state index is -0.325. The first kappa shape index (κ1) is 23.1. The first-order valence-electron chi connectivity index (χ1n) is 11.2. The Morgan fingerprint density at radius 2 is 1.65 bits per heavy atom. The van der Waals surface area contributed by atoms with Crippen LogP contribution < -0.4 is 5.69 Å². The molecule has 1 aliphatic carbocycles. The summed E-state index contributed by atoms with van der Waals surface area (Å²) in [6.45, 7) is 1.13. The van der Waals surface area contributed by atoms with Gasteiger partial charge in [-0.3, -0.25) is 14.2 Å². The predicted molar refractivity (Wildman–Crippen MR) is 135 cm³/mol. The summed E-state index contributed by atoms with van der Waals surface area (Å²) in [4.78, 5) is 43.2. The Morgan fingerprint density at radius 3 is 2.29 bits per heavy atom. The van der Waals surface area contributed by atoms with Gasteiger partial charge in [0.1, 0.15) is 5.75 Å². The van der Waals surface area contributed by atoms with Crippen LogP contribution in [0.4, 0.5) is 0 Å². The van der Waals surface area contributed by atoms with E-state index in [0.717, 1.165) is 11.3 Å². The van der Waals surface area contributed by atoms with Gasteiger partial charge in [-0.2, -0.15) is 0 Å². The fraction of sp³-hybridized carbons (Fsp3) is 0.320. The summed E-state index contributed by atoms with van der Waals surface area (Å²) in [7, 11) is 0. The van der Waals surface area contributed by atoms with Gasteiger partial charge in [0.15, 0.2) is 5.78 Å². The van der Waals surface area contributed by atoms with E-state index in [0.29, 0.717) is 46.9 Å². The topological polar surface area (TPSA) is 95.4 Å². The van der Waals surface area contributed by atoms with Gasteiger partial charge in [-0.1, -0.05) is 30.3 Å². The molecule has 1 saturated carbocycles. The quantitative estimate of drug-likeness (QED) is 0.420. The summed E-state index contributed by atoms with van der Waals surface area (Å²) in [5, 5.41) is 9.87. The summed E-state index contributed by atoms with van der Waals surface area (Å²) in [5.74, 6) is -0.647. The van der Waals surface area contributed by atoms with Crippen LogP contribution in [-0.4, -0.2) is 44.3 Å².